The van der Waals surface area contributed by atoms with Gasteiger partial charge in [0.1, 0.15) is 0 Å². The van der Waals surface area contributed by atoms with Crippen LogP contribution in [-0.2, 0) is 0 Å². The highest BCUT2D eigenvalue weighted by molar-refractivity contribution is 5.46. The minimum atomic E-state index is 0.583. The number of hydrogen-bond donors (Lipinski definition) is 0. The predicted molar refractivity (Wildman–Crippen MR) is 82.8 cm³/mol. The smallest absolute Gasteiger partial charge is 0.0385 e. The Labute approximate surface area is 121 Å². The Bertz CT molecular complexity index is 604. The molecule has 2 aromatic carbocycles. The first kappa shape index (κ1) is 12.2. The minimum absolute atomic E-state index is 0.583. The second-order valence-corrected chi connectivity index (χ2v) is 6.25. The summed E-state index contributed by atoms with van der Waals surface area (Å²) in [5.41, 5.74) is 4.61. The van der Waals surface area contributed by atoms with E-state index in [0.29, 0.717) is 12.0 Å². The van der Waals surface area contributed by atoms with Gasteiger partial charge in [-0.3, -0.25) is 4.90 Å². The highest BCUT2D eigenvalue weighted by atomic mass is 15.1. The second-order valence-electron chi connectivity index (χ2n) is 6.25. The molecule has 1 fully saturated rings. The highest BCUT2D eigenvalue weighted by Gasteiger charge is 2.44. The molecular weight excluding hydrogens is 242 g/mol. The average Bonchev–Trinajstić information content (AvgIpc) is 2.84. The molecule has 0 N–H and O–H groups in total. The lowest BCUT2D eigenvalue weighted by molar-refractivity contribution is 0.127. The summed E-state index contributed by atoms with van der Waals surface area (Å²) in [7, 11) is 2.29. The Morgan fingerprint density at radius 3 is 2.40 bits per heavy atom. The Morgan fingerprint density at radius 1 is 0.900 bits per heavy atom. The van der Waals surface area contributed by atoms with Gasteiger partial charge < -0.3 is 0 Å². The van der Waals surface area contributed by atoms with E-state index >= 15 is 0 Å². The van der Waals surface area contributed by atoms with E-state index in [1.165, 1.54) is 24.9 Å². The Balaban J connectivity index is 1.86. The van der Waals surface area contributed by atoms with Crippen molar-refractivity contribution in [3.63, 3.8) is 0 Å². The molecule has 0 spiro atoms. The van der Waals surface area contributed by atoms with Gasteiger partial charge in [-0.25, -0.2) is 0 Å². The molecule has 1 aliphatic carbocycles. The molecule has 1 saturated heterocycles. The monoisotopic (exact) mass is 263 g/mol. The molecule has 20 heavy (non-hydrogen) atoms. The van der Waals surface area contributed by atoms with E-state index in [0.717, 1.165) is 5.92 Å². The maximum absolute atomic E-state index is 2.57. The van der Waals surface area contributed by atoms with Crippen LogP contribution < -0.4 is 0 Å². The zero-order valence-electron chi connectivity index (χ0n) is 12.0. The number of piperidine rings is 1. The lowest BCUT2D eigenvalue weighted by Gasteiger charge is -2.37. The van der Waals surface area contributed by atoms with Gasteiger partial charge in [0, 0.05) is 12.0 Å². The minimum Gasteiger partial charge on any atom is -0.299 e. The first-order valence-electron chi connectivity index (χ1n) is 7.70. The van der Waals surface area contributed by atoms with Gasteiger partial charge in [0.2, 0.25) is 0 Å². The summed E-state index contributed by atoms with van der Waals surface area (Å²) < 4.78 is 0. The third-order valence-corrected chi connectivity index (χ3v) is 5.17. The van der Waals surface area contributed by atoms with Crippen LogP contribution in [0.3, 0.4) is 0 Å². The molecule has 1 heterocycles. The van der Waals surface area contributed by atoms with Gasteiger partial charge in [-0.1, -0.05) is 54.6 Å². The number of likely N-dealkylation sites (tertiary alicyclic amines) is 1. The van der Waals surface area contributed by atoms with Crippen molar-refractivity contribution in [1.82, 2.24) is 4.90 Å². The molecule has 102 valence electrons. The molecule has 0 aromatic heterocycles. The first-order chi connectivity index (χ1) is 9.86. The number of benzene rings is 2. The van der Waals surface area contributed by atoms with Crippen LogP contribution in [0.1, 0.15) is 41.5 Å². The van der Waals surface area contributed by atoms with Gasteiger partial charge in [0.05, 0.1) is 0 Å². The van der Waals surface area contributed by atoms with E-state index in [1.807, 2.05) is 0 Å². The van der Waals surface area contributed by atoms with Crippen LogP contribution in [0, 0.1) is 5.92 Å². The van der Waals surface area contributed by atoms with Crippen LogP contribution in [0.2, 0.25) is 0 Å². The second kappa shape index (κ2) is 4.75. The van der Waals surface area contributed by atoms with Gasteiger partial charge in [0.25, 0.3) is 0 Å². The van der Waals surface area contributed by atoms with Crippen molar-refractivity contribution in [2.45, 2.75) is 24.8 Å². The summed E-state index contributed by atoms with van der Waals surface area (Å²) in [5, 5.41) is 0. The molecule has 3 atom stereocenters. The molecule has 0 bridgehead atoms. The van der Waals surface area contributed by atoms with Crippen molar-refractivity contribution in [1.29, 1.82) is 0 Å². The summed E-state index contributed by atoms with van der Waals surface area (Å²) in [5.74, 6) is 1.33. The number of rotatable bonds is 1. The van der Waals surface area contributed by atoms with Crippen LogP contribution in [0.15, 0.2) is 54.6 Å². The van der Waals surface area contributed by atoms with Crippen LogP contribution >= 0.6 is 0 Å². The average molecular weight is 263 g/mol. The van der Waals surface area contributed by atoms with E-state index in [9.17, 15) is 0 Å². The van der Waals surface area contributed by atoms with Gasteiger partial charge in [0.15, 0.2) is 0 Å². The van der Waals surface area contributed by atoms with Crippen molar-refractivity contribution in [3.05, 3.63) is 71.3 Å². The van der Waals surface area contributed by atoms with Crippen molar-refractivity contribution >= 4 is 0 Å². The number of hydrogen-bond acceptors (Lipinski definition) is 1. The van der Waals surface area contributed by atoms with E-state index in [-0.39, 0.29) is 0 Å². The quantitative estimate of drug-likeness (QED) is 0.745. The fraction of sp³-hybridized carbons (Fsp3) is 0.368. The molecule has 0 unspecified atom stereocenters. The fourth-order valence-electron chi connectivity index (χ4n) is 4.40. The van der Waals surface area contributed by atoms with Gasteiger partial charge in [-0.05, 0) is 49.0 Å². The standard InChI is InChI=1S/C19H21N/c1-20-13-7-12-17-18(14-8-3-2-4-9-14)15-10-5-6-11-16(15)19(17)20/h2-6,8-11,17-19H,7,12-13H2,1H3/t17-,18+,19-/m1/s1. The summed E-state index contributed by atoms with van der Waals surface area (Å²) >= 11 is 0. The third kappa shape index (κ3) is 1.73. The maximum Gasteiger partial charge on any atom is 0.0385 e. The molecule has 2 aromatic rings. The Kier molecular flexibility index (Phi) is 2.89. The van der Waals surface area contributed by atoms with Crippen LogP contribution in [0.5, 0.6) is 0 Å². The number of fused-ring (bicyclic) bond motifs is 3. The lowest BCUT2D eigenvalue weighted by Crippen LogP contribution is -2.34. The summed E-state index contributed by atoms with van der Waals surface area (Å²) in [6.07, 6.45) is 2.68. The lowest BCUT2D eigenvalue weighted by atomic mass is 9.80. The van der Waals surface area contributed by atoms with E-state index < -0.39 is 0 Å². The van der Waals surface area contributed by atoms with Crippen LogP contribution in [-0.4, -0.2) is 18.5 Å². The molecule has 1 aliphatic heterocycles. The van der Waals surface area contributed by atoms with E-state index in [4.69, 9.17) is 0 Å². The number of nitrogens with zero attached hydrogens (tertiary/aromatic N) is 1. The van der Waals surface area contributed by atoms with Gasteiger partial charge >= 0.3 is 0 Å². The molecule has 2 aliphatic rings. The van der Waals surface area contributed by atoms with E-state index in [2.05, 4.69) is 66.5 Å². The third-order valence-electron chi connectivity index (χ3n) is 5.17. The Hall–Kier alpha value is -1.60. The topological polar surface area (TPSA) is 3.24 Å². The molecule has 0 radical (unpaired) electrons. The van der Waals surface area contributed by atoms with Crippen molar-refractivity contribution in [3.8, 4) is 0 Å². The Morgan fingerprint density at radius 2 is 1.60 bits per heavy atom. The summed E-state index contributed by atoms with van der Waals surface area (Å²) in [6.45, 7) is 1.23. The maximum atomic E-state index is 2.57. The molecule has 0 amide bonds. The van der Waals surface area contributed by atoms with Crippen molar-refractivity contribution in [2.24, 2.45) is 5.92 Å². The zero-order chi connectivity index (χ0) is 13.5. The van der Waals surface area contributed by atoms with Crippen LogP contribution in [0.4, 0.5) is 0 Å². The largest absolute Gasteiger partial charge is 0.299 e. The molecule has 1 nitrogen and oxygen atoms in total. The molecule has 0 saturated carbocycles. The van der Waals surface area contributed by atoms with Gasteiger partial charge in [-0.2, -0.15) is 0 Å². The van der Waals surface area contributed by atoms with Crippen molar-refractivity contribution in [2.75, 3.05) is 13.6 Å². The molecule has 4 rings (SSSR count). The fourth-order valence-corrected chi connectivity index (χ4v) is 4.40. The van der Waals surface area contributed by atoms with E-state index in [1.54, 1.807) is 11.1 Å². The van der Waals surface area contributed by atoms with Crippen molar-refractivity contribution < 1.29 is 0 Å². The summed E-state index contributed by atoms with van der Waals surface area (Å²) in [4.78, 5) is 2.57. The van der Waals surface area contributed by atoms with Gasteiger partial charge in [-0.15, -0.1) is 0 Å². The highest BCUT2D eigenvalue weighted by Crippen LogP contribution is 2.53. The zero-order valence-corrected chi connectivity index (χ0v) is 12.0. The summed E-state index contributed by atoms with van der Waals surface area (Å²) in [6, 6.07) is 20.8. The predicted octanol–water partition coefficient (Wildman–Crippen LogP) is 4.22. The SMILES string of the molecule is CN1CCC[C@@H]2[C@@H](c3ccccc3)c3ccccc3[C@H]21. The normalized spacial score (nSPS) is 28.9. The van der Waals surface area contributed by atoms with Crippen LogP contribution in [0.25, 0.3) is 0 Å². The molecule has 1 heteroatoms. The molecular formula is C19H21N. The first-order valence-corrected chi connectivity index (χ1v) is 7.70.